The van der Waals surface area contributed by atoms with Crippen LogP contribution in [0.3, 0.4) is 0 Å². The molecule has 0 spiro atoms. The van der Waals surface area contributed by atoms with Crippen LogP contribution in [0, 0.1) is 0 Å². The molecule has 5 N–H and O–H groups in total. The van der Waals surface area contributed by atoms with Crippen LogP contribution in [0.2, 0.25) is 0 Å². The highest BCUT2D eigenvalue weighted by atomic mass is 124. The molecule has 7 aromatic rings. The summed E-state index contributed by atoms with van der Waals surface area (Å²) >= 11 is 2.15. The molecule has 0 radical (unpaired) electrons. The molecule has 2 aliphatic rings. The number of aromatic nitrogens is 4. The molecule has 9 rings (SSSR count). The first-order chi connectivity index (χ1) is 33.1. The summed E-state index contributed by atoms with van der Waals surface area (Å²) in [5, 5.41) is 28.3. The maximum absolute atomic E-state index is 11.5. The van der Waals surface area contributed by atoms with Crippen molar-refractivity contribution in [3.8, 4) is 67.5 Å². The Morgan fingerprint density at radius 2 is 0.750 bits per heavy atom. The van der Waals surface area contributed by atoms with Gasteiger partial charge in [0.15, 0.2) is 19.8 Å². The van der Waals surface area contributed by atoms with E-state index in [0.29, 0.717) is 102 Å². The van der Waals surface area contributed by atoms with E-state index in [2.05, 4.69) is 32.6 Å². The molecule has 0 amide bonds. The number of aromatic amines is 2. The van der Waals surface area contributed by atoms with E-state index in [-0.39, 0.29) is 0 Å². The number of hydrogen-bond donors (Lipinski definition) is 5. The second-order valence-electron chi connectivity index (χ2n) is 15.3. The fraction of sp³-hybridized carbons (Fsp3) is 0.0755. The third kappa shape index (κ3) is 10.0. The number of nitrogens with zero attached hydrogens (tertiary/aromatic N) is 2. The Balaban J connectivity index is 1.39. The van der Waals surface area contributed by atoms with Crippen molar-refractivity contribution in [2.75, 3.05) is 26.4 Å². The third-order valence-electron chi connectivity index (χ3n) is 10.8. The van der Waals surface area contributed by atoms with Crippen LogP contribution in [-0.2, 0) is 14.4 Å². The van der Waals surface area contributed by atoms with Crippen molar-refractivity contribution >= 4 is 86.9 Å². The second kappa shape index (κ2) is 20.0. The van der Waals surface area contributed by atoms with Gasteiger partial charge in [0.05, 0.1) is 22.8 Å². The van der Waals surface area contributed by atoms with E-state index >= 15 is 0 Å². The van der Waals surface area contributed by atoms with E-state index in [4.69, 9.17) is 28.9 Å². The number of carbonyl (C=O) groups is 3. The second-order valence-corrected chi connectivity index (χ2v) is 16.1. The molecule has 14 nitrogen and oxygen atoms in total. The molecule has 0 saturated carbocycles. The minimum Gasteiger partial charge on any atom is -0.489 e. The highest BCUT2D eigenvalue weighted by molar-refractivity contribution is 14.1. The smallest absolute Gasteiger partial charge is 0.341 e. The van der Waals surface area contributed by atoms with Gasteiger partial charge in [0.1, 0.15) is 29.6 Å². The molecule has 338 valence electrons. The van der Waals surface area contributed by atoms with E-state index in [1.807, 2.05) is 101 Å². The number of benzene rings is 4. The summed E-state index contributed by atoms with van der Waals surface area (Å²) in [5.74, 6) is -1.62. The summed E-state index contributed by atoms with van der Waals surface area (Å²) in [5.41, 5.74) is 10.8. The molecule has 0 saturated heterocycles. The van der Waals surface area contributed by atoms with Gasteiger partial charge in [-0.15, -0.1) is 0 Å². The normalized spacial score (nSPS) is 11.7. The number of carboxylic acids is 3. The predicted molar refractivity (Wildman–Crippen MR) is 269 cm³/mol. The quantitative estimate of drug-likeness (QED) is 0.0573. The number of ether oxygens (including phenoxy) is 4. The van der Waals surface area contributed by atoms with Crippen molar-refractivity contribution in [2.24, 2.45) is 0 Å². The SMILES string of the molecule is O=C(O)COc1cccc(-c2c3nc(c(-c4cccc(OCC(=O)O)c4)c4ccc([nH]4)c(-c4cccc(OCC(=O)O)c4)c4nc(c(-c5cccc(OC/C=C/[124I])c5)c5ccc2[nH]5)C=C4)C=C3)c1. The Hall–Kier alpha value is -8.44. The first-order valence-electron chi connectivity index (χ1n) is 21.1. The summed E-state index contributed by atoms with van der Waals surface area (Å²) < 4.78 is 24.9. The molecule has 8 bridgehead atoms. The number of rotatable bonds is 16. The van der Waals surface area contributed by atoms with E-state index in [1.54, 1.807) is 54.6 Å². The van der Waals surface area contributed by atoms with Gasteiger partial charge in [0.25, 0.3) is 0 Å². The van der Waals surface area contributed by atoms with Gasteiger partial charge in [0, 0.05) is 44.3 Å². The third-order valence-corrected chi connectivity index (χ3v) is 11.3. The Morgan fingerprint density at radius 3 is 1.03 bits per heavy atom. The summed E-state index contributed by atoms with van der Waals surface area (Å²) in [6, 6.07) is 37.0. The van der Waals surface area contributed by atoms with Crippen LogP contribution in [-0.4, -0.2) is 79.6 Å². The molecular formula is C53H39IN4O10. The highest BCUT2D eigenvalue weighted by Gasteiger charge is 2.20. The minimum atomic E-state index is -1.12. The maximum atomic E-state index is 11.5. The van der Waals surface area contributed by atoms with Crippen LogP contribution in [0.15, 0.2) is 131 Å². The highest BCUT2D eigenvalue weighted by Crippen LogP contribution is 2.40. The summed E-state index contributed by atoms with van der Waals surface area (Å²) in [6.45, 7) is -1.21. The fourth-order valence-electron chi connectivity index (χ4n) is 8.00. The van der Waals surface area contributed by atoms with E-state index < -0.39 is 37.7 Å². The lowest BCUT2D eigenvalue weighted by atomic mass is 10.0. The Bertz CT molecular complexity index is 3330. The van der Waals surface area contributed by atoms with Gasteiger partial charge in [-0.25, -0.2) is 24.4 Å². The maximum Gasteiger partial charge on any atom is 0.341 e. The van der Waals surface area contributed by atoms with Gasteiger partial charge in [-0.3, -0.25) is 0 Å². The van der Waals surface area contributed by atoms with Crippen molar-refractivity contribution in [3.63, 3.8) is 0 Å². The number of carboxylic acid groups (broad SMARTS) is 3. The number of nitrogens with one attached hydrogen (secondary N) is 2. The molecule has 0 aliphatic carbocycles. The number of halogens is 1. The molecule has 0 atom stereocenters. The van der Waals surface area contributed by atoms with Crippen molar-refractivity contribution in [3.05, 3.63) is 154 Å². The van der Waals surface area contributed by atoms with Crippen molar-refractivity contribution < 1.29 is 48.7 Å². The van der Waals surface area contributed by atoms with E-state index in [9.17, 15) is 29.7 Å². The minimum absolute atomic E-state index is 0.341. The van der Waals surface area contributed by atoms with Crippen LogP contribution in [0.25, 0.3) is 90.9 Å². The summed E-state index contributed by atoms with van der Waals surface area (Å²) in [4.78, 5) is 52.5. The predicted octanol–water partition coefficient (Wildman–Crippen LogP) is 11.0. The molecule has 4 aromatic carbocycles. The van der Waals surface area contributed by atoms with Crippen LogP contribution >= 0.6 is 22.6 Å². The first kappa shape index (κ1) is 44.7. The standard InChI is InChI=1S/C53H39IN4O10/c54-22-5-23-65-35-10-1-6-31(24-35)50-39-14-16-41(55-39)51(32-7-2-11-36(25-32)66-28-47(59)60)43-18-20-45(57-43)53(34-9-4-13-38(27-34)68-30-49(63)64)46-21-19-44(58-46)52(42-17-15-40(50)56-42)33-8-3-12-37(26-33)67-29-48(61)62/h1-22,24-27,55,58H,23,28-30H2,(H,59,60)(H,61,62)(H,63,64)/b22-5+,50-39?,50-40?,51-41?,51-43?,52-42?,52-44?,53-45?,53-46?/i54-3. The van der Waals surface area contributed by atoms with Crippen LogP contribution in [0.4, 0.5) is 0 Å². The molecule has 5 heterocycles. The zero-order valence-electron chi connectivity index (χ0n) is 35.8. The molecule has 3 aromatic heterocycles. The summed E-state index contributed by atoms with van der Waals surface area (Å²) in [6.07, 6.45) is 9.60. The van der Waals surface area contributed by atoms with E-state index in [0.717, 1.165) is 16.6 Å². The van der Waals surface area contributed by atoms with Crippen LogP contribution < -0.4 is 18.9 Å². The van der Waals surface area contributed by atoms with Crippen LogP contribution in [0.5, 0.6) is 23.0 Å². The lowest BCUT2D eigenvalue weighted by Gasteiger charge is -2.10. The molecule has 0 unspecified atom stereocenters. The monoisotopic (exact) mass is 1020 g/mol. The molecule has 15 heteroatoms. The number of hydrogen-bond acceptors (Lipinski definition) is 9. The van der Waals surface area contributed by atoms with Crippen molar-refractivity contribution in [1.29, 1.82) is 0 Å². The zero-order chi connectivity index (χ0) is 47.1. The largest absolute Gasteiger partial charge is 0.489 e. The lowest BCUT2D eigenvalue weighted by Crippen LogP contribution is -2.09. The van der Waals surface area contributed by atoms with Crippen molar-refractivity contribution in [2.45, 2.75) is 0 Å². The van der Waals surface area contributed by atoms with Gasteiger partial charge in [-0.2, -0.15) is 0 Å². The molecule has 2 aliphatic heterocycles. The number of H-pyrrole nitrogens is 2. The van der Waals surface area contributed by atoms with Gasteiger partial charge in [-0.1, -0.05) is 71.1 Å². The number of fused-ring (bicyclic) bond motifs is 8. The average Bonchev–Trinajstić information content (AvgIpc) is 4.19. The molecule has 0 fully saturated rings. The molecular weight excluding hydrogens is 977 g/mol. The van der Waals surface area contributed by atoms with Gasteiger partial charge >= 0.3 is 17.9 Å². The summed E-state index contributed by atoms with van der Waals surface area (Å²) in [7, 11) is 0. The van der Waals surface area contributed by atoms with Gasteiger partial charge in [0.2, 0.25) is 0 Å². The lowest BCUT2D eigenvalue weighted by molar-refractivity contribution is -0.140. The van der Waals surface area contributed by atoms with E-state index in [1.165, 1.54) is 0 Å². The first-order valence-corrected chi connectivity index (χ1v) is 22.3. The Morgan fingerprint density at radius 1 is 0.456 bits per heavy atom. The topological polar surface area (TPSA) is 206 Å². The molecule has 68 heavy (non-hydrogen) atoms. The van der Waals surface area contributed by atoms with Gasteiger partial charge < -0.3 is 44.2 Å². The Labute approximate surface area is 401 Å². The fourth-order valence-corrected chi connectivity index (χ4v) is 8.21. The Kier molecular flexibility index (Phi) is 13.1. The van der Waals surface area contributed by atoms with Crippen molar-refractivity contribution in [1.82, 2.24) is 19.9 Å². The zero-order valence-corrected chi connectivity index (χ0v) is 38.0. The average molecular weight is 1020 g/mol. The van der Waals surface area contributed by atoms with Crippen LogP contribution in [0.1, 0.15) is 22.8 Å². The van der Waals surface area contributed by atoms with Gasteiger partial charge in [-0.05, 0) is 130 Å². The number of aliphatic carboxylic acids is 3.